The van der Waals surface area contributed by atoms with Crippen molar-refractivity contribution >= 4 is 11.8 Å². The predicted molar refractivity (Wildman–Crippen MR) is 111 cm³/mol. The number of piperidine rings is 1. The quantitative estimate of drug-likeness (QED) is 0.664. The lowest BCUT2D eigenvalue weighted by molar-refractivity contribution is -0.151. The molecule has 0 radical (unpaired) electrons. The van der Waals surface area contributed by atoms with Crippen LogP contribution in [-0.2, 0) is 29.0 Å². The number of aromatic amines is 1. The van der Waals surface area contributed by atoms with Gasteiger partial charge in [-0.15, -0.1) is 0 Å². The van der Waals surface area contributed by atoms with E-state index in [4.69, 9.17) is 0 Å². The first-order valence-corrected chi connectivity index (χ1v) is 10.5. The van der Waals surface area contributed by atoms with Crippen molar-refractivity contribution in [1.29, 1.82) is 0 Å². The van der Waals surface area contributed by atoms with Gasteiger partial charge in [0.1, 0.15) is 5.60 Å². The van der Waals surface area contributed by atoms with Crippen molar-refractivity contribution in [2.75, 3.05) is 26.7 Å². The standard InChI is InChI=1S/C22H29N5O3/c1-26-14-17-5-3-2-4-16(17)12-19(26)20(28)27-10-7-22(30,8-11-27)21(29)24-9-6-18-13-23-15-25-18/h2-5,13,15,19,30H,6-12,14H2,1H3,(H,23,25)(H,24,29). The first-order valence-electron chi connectivity index (χ1n) is 10.5. The van der Waals surface area contributed by atoms with Crippen LogP contribution in [-0.4, -0.2) is 75.0 Å². The largest absolute Gasteiger partial charge is 0.380 e. The minimum Gasteiger partial charge on any atom is -0.380 e. The van der Waals surface area contributed by atoms with Crippen molar-refractivity contribution in [3.05, 3.63) is 53.6 Å². The second kappa shape index (κ2) is 8.57. The summed E-state index contributed by atoms with van der Waals surface area (Å²) in [4.78, 5) is 36.5. The maximum absolute atomic E-state index is 13.2. The molecule has 1 unspecified atom stereocenters. The van der Waals surface area contributed by atoms with Crippen LogP contribution in [0.4, 0.5) is 0 Å². The van der Waals surface area contributed by atoms with E-state index in [0.717, 1.165) is 12.2 Å². The molecule has 3 N–H and O–H groups in total. The lowest BCUT2D eigenvalue weighted by Crippen LogP contribution is -2.58. The fraction of sp³-hybridized carbons (Fsp3) is 0.500. The summed E-state index contributed by atoms with van der Waals surface area (Å²) >= 11 is 0. The van der Waals surface area contributed by atoms with Gasteiger partial charge in [-0.2, -0.15) is 0 Å². The fourth-order valence-electron chi connectivity index (χ4n) is 4.36. The zero-order valence-corrected chi connectivity index (χ0v) is 17.3. The minimum absolute atomic E-state index is 0.0775. The van der Waals surface area contributed by atoms with Gasteiger partial charge in [0.15, 0.2) is 0 Å². The van der Waals surface area contributed by atoms with E-state index in [0.29, 0.717) is 32.5 Å². The van der Waals surface area contributed by atoms with E-state index in [9.17, 15) is 14.7 Å². The molecule has 2 aliphatic rings. The van der Waals surface area contributed by atoms with Crippen molar-refractivity contribution in [3.63, 3.8) is 0 Å². The molecule has 4 rings (SSSR count). The molecule has 0 bridgehead atoms. The molecule has 1 aromatic carbocycles. The van der Waals surface area contributed by atoms with Crippen LogP contribution >= 0.6 is 0 Å². The highest BCUT2D eigenvalue weighted by molar-refractivity contribution is 5.86. The second-order valence-corrected chi connectivity index (χ2v) is 8.34. The number of hydrogen-bond donors (Lipinski definition) is 3. The first-order chi connectivity index (χ1) is 14.5. The number of carbonyl (C=O) groups excluding carboxylic acids is 2. The fourth-order valence-corrected chi connectivity index (χ4v) is 4.36. The molecule has 2 aliphatic heterocycles. The van der Waals surface area contributed by atoms with E-state index in [2.05, 4.69) is 32.3 Å². The molecule has 1 atom stereocenters. The molecule has 1 aromatic heterocycles. The summed E-state index contributed by atoms with van der Waals surface area (Å²) in [6.45, 7) is 1.95. The Hall–Kier alpha value is -2.71. The lowest BCUT2D eigenvalue weighted by atomic mass is 9.89. The summed E-state index contributed by atoms with van der Waals surface area (Å²) in [5.74, 6) is -0.286. The maximum atomic E-state index is 13.2. The van der Waals surface area contributed by atoms with Gasteiger partial charge in [-0.3, -0.25) is 14.5 Å². The number of aliphatic hydroxyl groups is 1. The van der Waals surface area contributed by atoms with Gasteiger partial charge in [0.05, 0.1) is 12.4 Å². The number of likely N-dealkylation sites (N-methyl/N-ethyl adjacent to an activating group) is 1. The summed E-state index contributed by atoms with van der Waals surface area (Å²) in [6, 6.07) is 8.04. The molecule has 1 saturated heterocycles. The molecule has 1 fully saturated rings. The van der Waals surface area contributed by atoms with Crippen LogP contribution < -0.4 is 5.32 Å². The van der Waals surface area contributed by atoms with Crippen molar-refractivity contribution in [1.82, 2.24) is 25.1 Å². The number of fused-ring (bicyclic) bond motifs is 1. The van der Waals surface area contributed by atoms with Gasteiger partial charge in [-0.25, -0.2) is 4.98 Å². The molecule has 0 saturated carbocycles. The number of carbonyl (C=O) groups is 2. The second-order valence-electron chi connectivity index (χ2n) is 8.34. The SMILES string of the molecule is CN1Cc2ccccc2CC1C(=O)N1CCC(O)(C(=O)NCCc2cnc[nH]2)CC1. The molecule has 2 aromatic rings. The van der Waals surface area contributed by atoms with E-state index in [-0.39, 0.29) is 30.7 Å². The number of amides is 2. The van der Waals surface area contributed by atoms with Gasteiger partial charge < -0.3 is 20.3 Å². The van der Waals surface area contributed by atoms with Crippen LogP contribution in [0.3, 0.4) is 0 Å². The number of rotatable bonds is 5. The molecule has 0 spiro atoms. The van der Waals surface area contributed by atoms with Gasteiger partial charge >= 0.3 is 0 Å². The minimum atomic E-state index is -1.42. The first kappa shape index (κ1) is 20.6. The summed E-state index contributed by atoms with van der Waals surface area (Å²) < 4.78 is 0. The Labute approximate surface area is 176 Å². The number of benzene rings is 1. The third-order valence-corrected chi connectivity index (χ3v) is 6.33. The van der Waals surface area contributed by atoms with Crippen molar-refractivity contribution < 1.29 is 14.7 Å². The van der Waals surface area contributed by atoms with E-state index in [1.54, 1.807) is 17.4 Å². The van der Waals surface area contributed by atoms with Gasteiger partial charge in [-0.1, -0.05) is 24.3 Å². The zero-order chi connectivity index (χ0) is 21.1. The summed E-state index contributed by atoms with van der Waals surface area (Å²) in [5.41, 5.74) is 2.00. The zero-order valence-electron chi connectivity index (χ0n) is 17.3. The molecule has 2 amide bonds. The molecular weight excluding hydrogens is 382 g/mol. The van der Waals surface area contributed by atoms with E-state index in [1.165, 1.54) is 11.1 Å². The Morgan fingerprint density at radius 3 is 2.70 bits per heavy atom. The number of H-pyrrole nitrogens is 1. The third-order valence-electron chi connectivity index (χ3n) is 6.33. The van der Waals surface area contributed by atoms with E-state index >= 15 is 0 Å². The number of imidazole rings is 1. The molecule has 8 heteroatoms. The van der Waals surface area contributed by atoms with Crippen LogP contribution in [0.2, 0.25) is 0 Å². The average molecular weight is 412 g/mol. The van der Waals surface area contributed by atoms with Crippen LogP contribution in [0.15, 0.2) is 36.8 Å². The van der Waals surface area contributed by atoms with Crippen LogP contribution in [0, 0.1) is 0 Å². The number of likely N-dealkylation sites (tertiary alicyclic amines) is 1. The predicted octanol–water partition coefficient (Wildman–Crippen LogP) is 0.479. The Morgan fingerprint density at radius 2 is 2.00 bits per heavy atom. The monoisotopic (exact) mass is 411 g/mol. The van der Waals surface area contributed by atoms with Crippen molar-refractivity contribution in [3.8, 4) is 0 Å². The highest BCUT2D eigenvalue weighted by Gasteiger charge is 2.42. The number of nitrogens with zero attached hydrogens (tertiary/aromatic N) is 3. The smallest absolute Gasteiger partial charge is 0.252 e. The van der Waals surface area contributed by atoms with Crippen molar-refractivity contribution in [2.45, 2.75) is 43.9 Å². The van der Waals surface area contributed by atoms with Gasteiger partial charge in [0.2, 0.25) is 5.91 Å². The van der Waals surface area contributed by atoms with Gasteiger partial charge in [0, 0.05) is 57.3 Å². The Bertz CT molecular complexity index is 890. The Balaban J connectivity index is 1.30. The number of nitrogens with one attached hydrogen (secondary N) is 2. The molecule has 8 nitrogen and oxygen atoms in total. The highest BCUT2D eigenvalue weighted by atomic mass is 16.3. The normalized spacial score (nSPS) is 21.1. The topological polar surface area (TPSA) is 102 Å². The van der Waals surface area contributed by atoms with Crippen molar-refractivity contribution in [2.24, 2.45) is 0 Å². The van der Waals surface area contributed by atoms with Crippen LogP contribution in [0.1, 0.15) is 29.7 Å². The number of hydrogen-bond acceptors (Lipinski definition) is 5. The summed E-state index contributed by atoms with van der Waals surface area (Å²) in [5, 5.41) is 13.6. The molecule has 3 heterocycles. The molecule has 0 aliphatic carbocycles. The average Bonchev–Trinajstić information content (AvgIpc) is 3.27. The van der Waals surface area contributed by atoms with Gasteiger partial charge in [-0.05, 0) is 24.6 Å². The maximum Gasteiger partial charge on any atom is 0.252 e. The summed E-state index contributed by atoms with van der Waals surface area (Å²) in [7, 11) is 1.98. The Morgan fingerprint density at radius 1 is 1.27 bits per heavy atom. The molecule has 30 heavy (non-hydrogen) atoms. The third kappa shape index (κ3) is 4.24. The summed E-state index contributed by atoms with van der Waals surface area (Å²) in [6.07, 6.45) is 5.14. The molecular formula is C22H29N5O3. The lowest BCUT2D eigenvalue weighted by Gasteiger charge is -2.41. The van der Waals surface area contributed by atoms with Crippen LogP contribution in [0.5, 0.6) is 0 Å². The molecule has 160 valence electrons. The van der Waals surface area contributed by atoms with E-state index < -0.39 is 5.60 Å². The Kier molecular flexibility index (Phi) is 5.87. The van der Waals surface area contributed by atoms with Gasteiger partial charge in [0.25, 0.3) is 5.91 Å². The van der Waals surface area contributed by atoms with Crippen LogP contribution in [0.25, 0.3) is 0 Å². The number of aromatic nitrogens is 2. The van der Waals surface area contributed by atoms with E-state index in [1.807, 2.05) is 19.2 Å². The highest BCUT2D eigenvalue weighted by Crippen LogP contribution is 2.27.